The second kappa shape index (κ2) is 6.26. The van der Waals surface area contributed by atoms with E-state index >= 15 is 0 Å². The van der Waals surface area contributed by atoms with Crippen LogP contribution in [0, 0.1) is 6.92 Å². The van der Waals surface area contributed by atoms with Crippen molar-refractivity contribution in [3.63, 3.8) is 0 Å². The Morgan fingerprint density at radius 1 is 1.39 bits per heavy atom. The molecule has 0 saturated carbocycles. The predicted octanol–water partition coefficient (Wildman–Crippen LogP) is 1.88. The monoisotopic (exact) mass is 253 g/mol. The first kappa shape index (κ1) is 14.3. The summed E-state index contributed by atoms with van der Waals surface area (Å²) in [6, 6.07) is 3.37. The largest absolute Gasteiger partial charge is 0.493 e. The van der Waals surface area contributed by atoms with E-state index in [0.29, 0.717) is 17.9 Å². The van der Waals surface area contributed by atoms with Gasteiger partial charge in [0, 0.05) is 18.0 Å². The van der Waals surface area contributed by atoms with Crippen LogP contribution >= 0.6 is 0 Å². The number of aryl methyl sites for hydroxylation is 1. The van der Waals surface area contributed by atoms with E-state index < -0.39 is 5.97 Å². The smallest absolute Gasteiger partial charge is 0.303 e. The Morgan fingerprint density at radius 3 is 2.56 bits per heavy atom. The molecule has 0 fully saturated rings. The molecular formula is C13H19NO4. The first-order chi connectivity index (χ1) is 8.49. The lowest BCUT2D eigenvalue weighted by Crippen LogP contribution is -2.14. The molecule has 5 nitrogen and oxygen atoms in total. The van der Waals surface area contributed by atoms with Crippen LogP contribution in [-0.4, -0.2) is 25.3 Å². The quantitative estimate of drug-likeness (QED) is 0.808. The van der Waals surface area contributed by atoms with Crippen molar-refractivity contribution in [2.45, 2.75) is 25.8 Å². The fourth-order valence-electron chi connectivity index (χ4n) is 1.85. The highest BCUT2D eigenvalue weighted by Crippen LogP contribution is 2.36. The Labute approximate surface area is 107 Å². The van der Waals surface area contributed by atoms with Crippen molar-refractivity contribution in [3.8, 4) is 11.5 Å². The Kier molecular flexibility index (Phi) is 4.97. The number of carboxylic acid groups (broad SMARTS) is 1. The van der Waals surface area contributed by atoms with E-state index in [-0.39, 0.29) is 12.5 Å². The van der Waals surface area contributed by atoms with Gasteiger partial charge in [0.1, 0.15) is 0 Å². The van der Waals surface area contributed by atoms with Crippen molar-refractivity contribution in [2.75, 3.05) is 14.2 Å². The highest BCUT2D eigenvalue weighted by molar-refractivity contribution is 5.66. The number of nitrogens with two attached hydrogens (primary N) is 1. The van der Waals surface area contributed by atoms with Crippen LogP contribution < -0.4 is 15.2 Å². The molecule has 0 bridgehead atoms. The van der Waals surface area contributed by atoms with Crippen molar-refractivity contribution in [3.05, 3.63) is 23.3 Å². The molecule has 100 valence electrons. The van der Waals surface area contributed by atoms with Gasteiger partial charge < -0.3 is 20.3 Å². The van der Waals surface area contributed by atoms with Gasteiger partial charge in [-0.05, 0) is 25.0 Å². The maximum atomic E-state index is 10.6. The molecule has 1 atom stereocenters. The summed E-state index contributed by atoms with van der Waals surface area (Å²) in [5.74, 6) is 0.322. The van der Waals surface area contributed by atoms with Gasteiger partial charge >= 0.3 is 5.97 Å². The summed E-state index contributed by atoms with van der Waals surface area (Å²) in [7, 11) is 3.10. The van der Waals surface area contributed by atoms with Crippen molar-refractivity contribution < 1.29 is 19.4 Å². The molecule has 0 heterocycles. The van der Waals surface area contributed by atoms with E-state index in [2.05, 4.69) is 0 Å². The van der Waals surface area contributed by atoms with Gasteiger partial charge in [0.05, 0.1) is 14.2 Å². The minimum absolute atomic E-state index is 0.0284. The molecule has 0 saturated heterocycles. The zero-order chi connectivity index (χ0) is 13.7. The van der Waals surface area contributed by atoms with Crippen LogP contribution in [0.4, 0.5) is 0 Å². The van der Waals surface area contributed by atoms with E-state index in [9.17, 15) is 4.79 Å². The highest BCUT2D eigenvalue weighted by Gasteiger charge is 2.17. The normalized spacial score (nSPS) is 12.0. The number of carbonyl (C=O) groups is 1. The molecule has 0 spiro atoms. The molecule has 0 radical (unpaired) electrons. The van der Waals surface area contributed by atoms with E-state index in [1.165, 1.54) is 0 Å². The summed E-state index contributed by atoms with van der Waals surface area (Å²) in [6.07, 6.45) is 0.388. The van der Waals surface area contributed by atoms with E-state index in [1.807, 2.05) is 19.1 Å². The molecule has 0 amide bonds. The number of hydrogen-bond donors (Lipinski definition) is 2. The molecule has 18 heavy (non-hydrogen) atoms. The molecule has 0 aliphatic carbocycles. The number of hydrogen-bond acceptors (Lipinski definition) is 4. The topological polar surface area (TPSA) is 81.8 Å². The number of methoxy groups -OCH3 is 2. The zero-order valence-corrected chi connectivity index (χ0v) is 10.9. The maximum absolute atomic E-state index is 10.6. The molecule has 0 aliphatic rings. The summed E-state index contributed by atoms with van der Waals surface area (Å²) in [4.78, 5) is 10.6. The molecular weight excluding hydrogens is 234 g/mol. The third-order valence-electron chi connectivity index (χ3n) is 2.72. The highest BCUT2D eigenvalue weighted by atomic mass is 16.5. The molecule has 1 unspecified atom stereocenters. The van der Waals surface area contributed by atoms with E-state index in [4.69, 9.17) is 20.3 Å². The van der Waals surface area contributed by atoms with Crippen LogP contribution in [0.15, 0.2) is 12.1 Å². The van der Waals surface area contributed by atoms with Gasteiger partial charge in [-0.3, -0.25) is 4.79 Å². The third kappa shape index (κ3) is 3.37. The van der Waals surface area contributed by atoms with E-state index in [0.717, 1.165) is 11.1 Å². The molecule has 0 aliphatic heterocycles. The van der Waals surface area contributed by atoms with Crippen molar-refractivity contribution in [1.29, 1.82) is 0 Å². The van der Waals surface area contributed by atoms with Gasteiger partial charge in [-0.2, -0.15) is 0 Å². The zero-order valence-electron chi connectivity index (χ0n) is 10.9. The van der Waals surface area contributed by atoms with Gasteiger partial charge in [-0.1, -0.05) is 6.07 Å². The van der Waals surface area contributed by atoms with Crippen LogP contribution in [0.1, 0.15) is 30.0 Å². The summed E-state index contributed by atoms with van der Waals surface area (Å²) in [5.41, 5.74) is 7.78. The third-order valence-corrected chi connectivity index (χ3v) is 2.72. The van der Waals surface area contributed by atoms with Gasteiger partial charge in [-0.25, -0.2) is 0 Å². The van der Waals surface area contributed by atoms with Crippen LogP contribution in [0.2, 0.25) is 0 Å². The molecule has 1 aromatic carbocycles. The Morgan fingerprint density at radius 2 is 2.06 bits per heavy atom. The van der Waals surface area contributed by atoms with Crippen LogP contribution in [0.3, 0.4) is 0 Å². The van der Waals surface area contributed by atoms with Crippen molar-refractivity contribution >= 4 is 5.97 Å². The number of rotatable bonds is 6. The standard InChI is InChI=1S/C13H19NO4/c1-8-6-9(10(14)4-5-12(15)16)13(18-3)11(7-8)17-2/h6-7,10H,4-5,14H2,1-3H3,(H,15,16). The van der Waals surface area contributed by atoms with Crippen LogP contribution in [0.5, 0.6) is 11.5 Å². The van der Waals surface area contributed by atoms with Crippen LogP contribution in [-0.2, 0) is 4.79 Å². The SMILES string of the molecule is COc1cc(C)cc(C(N)CCC(=O)O)c1OC. The number of aliphatic carboxylic acids is 1. The van der Waals surface area contributed by atoms with Gasteiger partial charge in [-0.15, -0.1) is 0 Å². The van der Waals surface area contributed by atoms with Gasteiger partial charge in [0.2, 0.25) is 0 Å². The van der Waals surface area contributed by atoms with Crippen LogP contribution in [0.25, 0.3) is 0 Å². The molecule has 3 N–H and O–H groups in total. The number of benzene rings is 1. The van der Waals surface area contributed by atoms with Gasteiger partial charge in [0.25, 0.3) is 0 Å². The van der Waals surface area contributed by atoms with Gasteiger partial charge in [0.15, 0.2) is 11.5 Å². The van der Waals surface area contributed by atoms with Crippen molar-refractivity contribution in [1.82, 2.24) is 0 Å². The Bertz CT molecular complexity index is 431. The number of ether oxygens (including phenoxy) is 2. The molecule has 1 rings (SSSR count). The second-order valence-corrected chi connectivity index (χ2v) is 4.13. The lowest BCUT2D eigenvalue weighted by atomic mass is 9.99. The Balaban J connectivity index is 3.05. The maximum Gasteiger partial charge on any atom is 0.303 e. The fraction of sp³-hybridized carbons (Fsp3) is 0.462. The molecule has 5 heteroatoms. The lowest BCUT2D eigenvalue weighted by molar-refractivity contribution is -0.137. The fourth-order valence-corrected chi connectivity index (χ4v) is 1.85. The average molecular weight is 253 g/mol. The summed E-state index contributed by atoms with van der Waals surface area (Å²) >= 11 is 0. The summed E-state index contributed by atoms with van der Waals surface area (Å²) in [5, 5.41) is 8.68. The number of carboxylic acids is 1. The lowest BCUT2D eigenvalue weighted by Gasteiger charge is -2.18. The first-order valence-corrected chi connectivity index (χ1v) is 5.69. The summed E-state index contributed by atoms with van der Waals surface area (Å²) in [6.45, 7) is 1.93. The minimum Gasteiger partial charge on any atom is -0.493 e. The minimum atomic E-state index is -0.857. The van der Waals surface area contributed by atoms with Crippen molar-refractivity contribution in [2.24, 2.45) is 5.73 Å². The average Bonchev–Trinajstić information content (AvgIpc) is 2.34. The molecule has 1 aromatic rings. The predicted molar refractivity (Wildman–Crippen MR) is 68.1 cm³/mol. The Hall–Kier alpha value is -1.75. The van der Waals surface area contributed by atoms with E-state index in [1.54, 1.807) is 14.2 Å². The second-order valence-electron chi connectivity index (χ2n) is 4.13. The summed E-state index contributed by atoms with van der Waals surface area (Å²) < 4.78 is 10.5. The molecule has 0 aromatic heterocycles. The first-order valence-electron chi connectivity index (χ1n) is 5.69.